The summed E-state index contributed by atoms with van der Waals surface area (Å²) in [6.07, 6.45) is 4.06. The number of oxime groups is 1. The van der Waals surface area contributed by atoms with Crippen molar-refractivity contribution < 1.29 is 43.4 Å². The van der Waals surface area contributed by atoms with Gasteiger partial charge in [-0.2, -0.15) is 9.36 Å². The number of aliphatic carboxylic acids is 2. The van der Waals surface area contributed by atoms with Gasteiger partial charge in [0.1, 0.15) is 36.1 Å². The van der Waals surface area contributed by atoms with E-state index in [2.05, 4.69) is 19.8 Å². The number of nitrogen functional groups attached to an aromatic ring is 1. The Kier molecular flexibility index (Phi) is 6.93. The Morgan fingerprint density at radius 3 is 2.55 bits per heavy atom. The van der Waals surface area contributed by atoms with Crippen molar-refractivity contribution >= 4 is 57.9 Å². The van der Waals surface area contributed by atoms with Crippen molar-refractivity contribution in [3.63, 3.8) is 0 Å². The molecule has 17 heteroatoms. The van der Waals surface area contributed by atoms with Gasteiger partial charge in [0.05, 0.1) is 20.3 Å². The topological polar surface area (TPSA) is 207 Å². The van der Waals surface area contributed by atoms with Crippen LogP contribution in [0.4, 0.5) is 5.13 Å². The lowest BCUT2D eigenvalue weighted by Gasteiger charge is -2.49. The van der Waals surface area contributed by atoms with Gasteiger partial charge >= 0.3 is 11.9 Å². The highest BCUT2D eigenvalue weighted by Crippen LogP contribution is 2.42. The average Bonchev–Trinajstić information content (AvgIpc) is 3.57. The molecule has 2 atom stereocenters. The number of nitrogens with one attached hydrogen (secondary N) is 1. The van der Waals surface area contributed by atoms with E-state index in [0.717, 1.165) is 22.7 Å². The van der Waals surface area contributed by atoms with Crippen molar-refractivity contribution in [2.45, 2.75) is 30.9 Å². The molecule has 0 spiro atoms. The molecular formula is C23H26N7O8S2+. The molecule has 2 saturated heterocycles. The Bertz CT molecular complexity index is 1430. The van der Waals surface area contributed by atoms with Gasteiger partial charge in [0.25, 0.3) is 11.8 Å². The molecule has 0 unspecified atom stereocenters. The molecule has 212 valence electrons. The SMILES string of the molecule is CC(C)(O/N=C(\C(=O)N[C@@H]1C(=O)N2C(C(=O)O)=C(C[N+]3(C)C=C4COCC4=C3)CS[C@H]12)c1nsc(N)n1)C(=O)O. The molecule has 2 fully saturated rings. The molecule has 4 aliphatic rings. The molecule has 1 aromatic rings. The first-order valence-electron chi connectivity index (χ1n) is 12.0. The van der Waals surface area contributed by atoms with Crippen LogP contribution in [0.15, 0.2) is 40.0 Å². The molecule has 0 bridgehead atoms. The number of amides is 2. The number of aromatic nitrogens is 2. The molecule has 0 aromatic carbocycles. The lowest BCUT2D eigenvalue weighted by atomic mass is 10.0. The number of carboxylic acids is 2. The fourth-order valence-corrected chi connectivity index (χ4v) is 6.45. The number of anilines is 1. The second-order valence-corrected chi connectivity index (χ2v) is 12.1. The third-order valence-corrected chi connectivity index (χ3v) is 8.53. The summed E-state index contributed by atoms with van der Waals surface area (Å²) in [6, 6.07) is -1.07. The quantitative estimate of drug-likeness (QED) is 0.126. The highest BCUT2D eigenvalue weighted by atomic mass is 32.2. The Morgan fingerprint density at radius 2 is 1.98 bits per heavy atom. The van der Waals surface area contributed by atoms with Gasteiger partial charge in [-0.25, -0.2) is 9.59 Å². The van der Waals surface area contributed by atoms with Crippen molar-refractivity contribution in [1.29, 1.82) is 0 Å². The fourth-order valence-electron chi connectivity index (χ4n) is 4.68. The predicted octanol–water partition coefficient (Wildman–Crippen LogP) is -0.299. The number of carboxylic acid groups (broad SMARTS) is 2. The maximum Gasteiger partial charge on any atom is 0.352 e. The summed E-state index contributed by atoms with van der Waals surface area (Å²) < 4.78 is 9.74. The molecule has 0 aliphatic carbocycles. The molecule has 0 saturated carbocycles. The zero-order valence-corrected chi connectivity index (χ0v) is 23.2. The van der Waals surface area contributed by atoms with Crippen molar-refractivity contribution in [3.8, 4) is 0 Å². The normalized spacial score (nSPS) is 23.6. The molecule has 2 amide bonds. The van der Waals surface area contributed by atoms with Gasteiger partial charge < -0.3 is 30.8 Å². The minimum atomic E-state index is -1.78. The number of rotatable bonds is 9. The van der Waals surface area contributed by atoms with Crippen LogP contribution in [0.1, 0.15) is 19.7 Å². The van der Waals surface area contributed by atoms with Crippen LogP contribution in [-0.2, 0) is 28.8 Å². The first kappa shape index (κ1) is 27.8. The molecule has 5 N–H and O–H groups in total. The Morgan fingerprint density at radius 1 is 1.30 bits per heavy atom. The van der Waals surface area contributed by atoms with Crippen LogP contribution in [0.2, 0.25) is 0 Å². The van der Waals surface area contributed by atoms with Gasteiger partial charge in [-0.1, -0.05) is 5.16 Å². The average molecular weight is 593 g/mol. The van der Waals surface area contributed by atoms with Crippen LogP contribution in [0, 0.1) is 0 Å². The molecule has 0 radical (unpaired) electrons. The first-order chi connectivity index (χ1) is 18.8. The summed E-state index contributed by atoms with van der Waals surface area (Å²) >= 11 is 2.11. The lowest BCUT2D eigenvalue weighted by Crippen LogP contribution is -2.71. The number of nitrogens with zero attached hydrogens (tertiary/aromatic N) is 5. The third kappa shape index (κ3) is 4.96. The van der Waals surface area contributed by atoms with E-state index in [4.69, 9.17) is 15.3 Å². The van der Waals surface area contributed by atoms with E-state index in [-0.39, 0.29) is 16.7 Å². The predicted molar refractivity (Wildman–Crippen MR) is 141 cm³/mol. The minimum absolute atomic E-state index is 0.0299. The number of carbonyl (C=O) groups excluding carboxylic acids is 2. The van der Waals surface area contributed by atoms with E-state index in [1.54, 1.807) is 0 Å². The Labute approximate surface area is 235 Å². The first-order valence-corrected chi connectivity index (χ1v) is 13.8. The highest BCUT2D eigenvalue weighted by molar-refractivity contribution is 8.00. The standard InChI is InChI=1S/C23H25N7O8S2/c1-23(2,21(35)36)38-27-13(16-26-22(24)40-28-16)17(31)25-14-18(32)29-15(20(33)34)12(9-39-19(14)29)6-30(3)4-10-7-37-8-11(10)5-30/h4-5,14,19H,6-9H2,1-3H3,(H4-,24,25,26,28,31,33,34,35,36)/p+1/b27-13-/t14-,19-/m1/s1. The Hall–Kier alpha value is -3.80. The number of likely N-dealkylation sites (N-methyl/N-ethyl adjacent to an activating group) is 1. The molecule has 5 heterocycles. The van der Waals surface area contributed by atoms with E-state index in [1.165, 1.54) is 30.5 Å². The van der Waals surface area contributed by atoms with Crippen molar-refractivity contribution in [2.75, 3.05) is 38.3 Å². The molecule has 15 nitrogen and oxygen atoms in total. The Balaban J connectivity index is 1.35. The number of fused-ring (bicyclic) bond motifs is 2. The number of carbonyl (C=O) groups is 4. The van der Waals surface area contributed by atoms with E-state index < -0.39 is 46.5 Å². The zero-order chi connectivity index (χ0) is 29.0. The summed E-state index contributed by atoms with van der Waals surface area (Å²) in [6.45, 7) is 3.86. The second-order valence-electron chi connectivity index (χ2n) is 10.2. The van der Waals surface area contributed by atoms with E-state index >= 15 is 0 Å². The smallest absolute Gasteiger partial charge is 0.352 e. The van der Waals surface area contributed by atoms with Crippen LogP contribution in [0.5, 0.6) is 0 Å². The maximum atomic E-state index is 13.2. The number of β-lactam (4-membered cyclic amide) rings is 1. The van der Waals surface area contributed by atoms with Crippen LogP contribution in [0.3, 0.4) is 0 Å². The third-order valence-electron chi connectivity index (χ3n) is 6.65. The summed E-state index contributed by atoms with van der Waals surface area (Å²) in [5, 5.41) is 24.9. The van der Waals surface area contributed by atoms with Gasteiger partial charge in [0.2, 0.25) is 17.1 Å². The molecule has 1 aromatic heterocycles. The number of quaternary nitrogens is 1. The maximum absolute atomic E-state index is 13.2. The number of thioether (sulfide) groups is 1. The molecule has 5 rings (SSSR count). The van der Waals surface area contributed by atoms with Gasteiger partial charge in [0, 0.05) is 34.0 Å². The van der Waals surface area contributed by atoms with Crippen LogP contribution < -0.4 is 11.1 Å². The number of ether oxygens (including phenoxy) is 1. The number of hydrogen-bond acceptors (Lipinski definition) is 12. The van der Waals surface area contributed by atoms with Gasteiger partial charge in [-0.3, -0.25) is 19.0 Å². The van der Waals surface area contributed by atoms with E-state index in [1.807, 2.05) is 19.4 Å². The second kappa shape index (κ2) is 9.99. The van der Waals surface area contributed by atoms with Crippen LogP contribution >= 0.6 is 23.3 Å². The van der Waals surface area contributed by atoms with Gasteiger partial charge in [-0.15, -0.1) is 11.8 Å². The van der Waals surface area contributed by atoms with Crippen molar-refractivity contribution in [2.24, 2.45) is 5.16 Å². The summed E-state index contributed by atoms with van der Waals surface area (Å²) in [4.78, 5) is 60.3. The van der Waals surface area contributed by atoms with Crippen molar-refractivity contribution in [3.05, 3.63) is 40.6 Å². The number of hydrogen-bond donors (Lipinski definition) is 4. The van der Waals surface area contributed by atoms with Gasteiger partial charge in [0.15, 0.2) is 5.13 Å². The highest BCUT2D eigenvalue weighted by Gasteiger charge is 2.55. The molecule has 4 aliphatic heterocycles. The van der Waals surface area contributed by atoms with Gasteiger partial charge in [-0.05, 0) is 13.8 Å². The molecular weight excluding hydrogens is 566 g/mol. The molecule has 40 heavy (non-hydrogen) atoms. The lowest BCUT2D eigenvalue weighted by molar-refractivity contribution is -0.799. The monoisotopic (exact) mass is 592 g/mol. The number of nitrogens with two attached hydrogens (primary N) is 1. The summed E-state index contributed by atoms with van der Waals surface area (Å²) in [5.74, 6) is -3.96. The van der Waals surface area contributed by atoms with Crippen LogP contribution in [-0.4, -0.2) is 108 Å². The van der Waals surface area contributed by atoms with Crippen molar-refractivity contribution in [1.82, 2.24) is 19.6 Å². The fraction of sp³-hybridized carbons (Fsp3) is 0.435. The zero-order valence-electron chi connectivity index (χ0n) is 21.6. The summed E-state index contributed by atoms with van der Waals surface area (Å²) in [5.41, 5.74) is 6.02. The van der Waals surface area contributed by atoms with Crippen LogP contribution in [0.25, 0.3) is 0 Å². The van der Waals surface area contributed by atoms with E-state index in [9.17, 15) is 29.4 Å². The summed E-state index contributed by atoms with van der Waals surface area (Å²) in [7, 11) is 1.95. The largest absolute Gasteiger partial charge is 0.478 e. The van der Waals surface area contributed by atoms with E-state index in [0.29, 0.717) is 35.6 Å². The minimum Gasteiger partial charge on any atom is -0.478 e.